The highest BCUT2D eigenvalue weighted by molar-refractivity contribution is 8.00. The van der Waals surface area contributed by atoms with Gasteiger partial charge in [-0.15, -0.1) is 0 Å². The molecule has 260 valence electrons. The molecular formula is C37H46ClN7O3S. The Morgan fingerprint density at radius 3 is 2.51 bits per heavy atom. The highest BCUT2D eigenvalue weighted by Gasteiger charge is 2.27. The molecule has 3 saturated heterocycles. The highest BCUT2D eigenvalue weighted by atomic mass is 35.5. The molecule has 12 heteroatoms. The minimum absolute atomic E-state index is 0.00364. The molecule has 49 heavy (non-hydrogen) atoms. The molecule has 2 unspecified atom stereocenters. The fourth-order valence-corrected chi connectivity index (χ4v) is 9.57. The molecule has 7 rings (SSSR count). The van der Waals surface area contributed by atoms with Crippen molar-refractivity contribution in [3.8, 4) is 11.1 Å². The van der Waals surface area contributed by atoms with Crippen molar-refractivity contribution >= 4 is 49.7 Å². The van der Waals surface area contributed by atoms with Gasteiger partial charge in [-0.05, 0) is 116 Å². The van der Waals surface area contributed by atoms with Crippen LogP contribution in [0.15, 0.2) is 64.4 Å². The lowest BCUT2D eigenvalue weighted by atomic mass is 9.99. The number of nitrogens with one attached hydrogen (secondary N) is 2. The summed E-state index contributed by atoms with van der Waals surface area (Å²) in [6.45, 7) is 8.08. The molecule has 2 atom stereocenters. The van der Waals surface area contributed by atoms with E-state index in [9.17, 15) is 9.00 Å². The van der Waals surface area contributed by atoms with Gasteiger partial charge in [0.1, 0.15) is 5.65 Å². The average Bonchev–Trinajstić information content (AvgIpc) is 3.62. The summed E-state index contributed by atoms with van der Waals surface area (Å²) < 4.78 is 21.2. The lowest BCUT2D eigenvalue weighted by Crippen LogP contribution is -2.39. The topological polar surface area (TPSA) is 105 Å². The number of hydrogen-bond donors (Lipinski definition) is 2. The first-order valence-electron chi connectivity index (χ1n) is 17.4. The molecule has 0 amide bonds. The molecule has 2 aromatic carbocycles. The van der Waals surface area contributed by atoms with E-state index in [0.717, 1.165) is 69.6 Å². The van der Waals surface area contributed by atoms with Crippen LogP contribution in [0.1, 0.15) is 24.8 Å². The van der Waals surface area contributed by atoms with E-state index in [1.807, 2.05) is 18.2 Å². The van der Waals surface area contributed by atoms with Gasteiger partial charge in [0, 0.05) is 69.7 Å². The summed E-state index contributed by atoms with van der Waals surface area (Å²) in [5.41, 5.74) is 3.62. The van der Waals surface area contributed by atoms with Gasteiger partial charge in [0.2, 0.25) is 5.95 Å². The number of halogens is 1. The molecule has 0 spiro atoms. The number of likely N-dealkylation sites (tertiary alicyclic amines) is 1. The zero-order valence-corrected chi connectivity index (χ0v) is 29.8. The van der Waals surface area contributed by atoms with Crippen LogP contribution in [0.25, 0.3) is 22.2 Å². The first kappa shape index (κ1) is 34.1. The van der Waals surface area contributed by atoms with Crippen LogP contribution in [0.4, 0.5) is 11.6 Å². The number of pyridine rings is 1. The van der Waals surface area contributed by atoms with Gasteiger partial charge in [0.05, 0.1) is 13.2 Å². The van der Waals surface area contributed by atoms with E-state index in [1.54, 1.807) is 16.8 Å². The van der Waals surface area contributed by atoms with Crippen LogP contribution in [-0.2, 0) is 27.2 Å². The number of anilines is 2. The fraction of sp³-hybridized carbons (Fsp3) is 0.459. The number of piperidine rings is 1. The van der Waals surface area contributed by atoms with Crippen LogP contribution in [0.5, 0.6) is 0 Å². The van der Waals surface area contributed by atoms with Crippen LogP contribution < -0.4 is 16.2 Å². The Kier molecular flexibility index (Phi) is 10.4. The van der Waals surface area contributed by atoms with E-state index in [2.05, 4.69) is 62.6 Å². The number of nitrogens with zero attached hydrogens (tertiary/aromatic N) is 5. The molecule has 3 aliphatic heterocycles. The summed E-state index contributed by atoms with van der Waals surface area (Å²) in [5.74, 6) is 5.29. The number of rotatable bonds is 10. The standard InChI is InChI=1S/C37H46ClN7O3S/c1-43-13-10-30(11-14-43)49(2,47)31-7-8-32(34(38)23-31)33-22-28-25-40-37(41-29-5-3-26(4-6-29)21-27-9-12-39-24-27)42-35(28)45(36(33)46)16-15-44-17-19-48-20-18-44/h3-8,22-23,25,27,30,39H,2,9-21,24H2,1H3,(H,40,41,42). The molecule has 2 aromatic heterocycles. The maximum absolute atomic E-state index is 14.3. The van der Waals surface area contributed by atoms with Gasteiger partial charge >= 0.3 is 0 Å². The summed E-state index contributed by atoms with van der Waals surface area (Å²) in [5, 5.41) is 7.89. The van der Waals surface area contributed by atoms with Gasteiger partial charge in [0.15, 0.2) is 0 Å². The van der Waals surface area contributed by atoms with Crippen LogP contribution in [-0.4, -0.2) is 106 Å². The molecule has 0 radical (unpaired) electrons. The molecule has 2 N–H and O–H groups in total. The third-order valence-electron chi connectivity index (χ3n) is 10.3. The Morgan fingerprint density at radius 2 is 1.80 bits per heavy atom. The summed E-state index contributed by atoms with van der Waals surface area (Å²) in [4.78, 5) is 29.0. The molecular weight excluding hydrogens is 658 g/mol. The van der Waals surface area contributed by atoms with Gasteiger partial charge in [-0.1, -0.05) is 29.8 Å². The van der Waals surface area contributed by atoms with Crippen molar-refractivity contribution in [2.45, 2.75) is 42.4 Å². The zero-order valence-electron chi connectivity index (χ0n) is 28.2. The average molecular weight is 704 g/mol. The van der Waals surface area contributed by atoms with E-state index < -0.39 is 9.52 Å². The van der Waals surface area contributed by atoms with Crippen molar-refractivity contribution in [3.05, 3.63) is 75.7 Å². The van der Waals surface area contributed by atoms with Crippen molar-refractivity contribution in [1.82, 2.24) is 29.7 Å². The molecule has 0 aliphatic carbocycles. The van der Waals surface area contributed by atoms with Crippen LogP contribution in [0, 0.1) is 5.92 Å². The molecule has 3 fully saturated rings. The van der Waals surface area contributed by atoms with Crippen LogP contribution in [0.2, 0.25) is 5.02 Å². The monoisotopic (exact) mass is 703 g/mol. The number of ether oxygens (including phenoxy) is 1. The van der Waals surface area contributed by atoms with Gasteiger partial charge in [-0.25, -0.2) is 4.98 Å². The number of fused-ring (bicyclic) bond motifs is 1. The maximum atomic E-state index is 14.3. The SMILES string of the molecule is C=S(=O)(c1ccc(-c2cc3cnc(Nc4ccc(CC5CCNC5)cc4)nc3n(CCN3CCOCC3)c2=O)c(Cl)c1)C1CCN(C)CC1. The molecule has 4 aromatic rings. The second kappa shape index (κ2) is 14.9. The predicted molar refractivity (Wildman–Crippen MR) is 200 cm³/mol. The Labute approximate surface area is 293 Å². The Hall–Kier alpha value is -3.32. The normalized spacial score (nSPS) is 20.8. The van der Waals surface area contributed by atoms with Crippen molar-refractivity contribution in [2.75, 3.05) is 71.4 Å². The second-order valence-corrected chi connectivity index (χ2v) is 16.7. The zero-order chi connectivity index (χ0) is 34.0. The summed E-state index contributed by atoms with van der Waals surface area (Å²) in [6.07, 6.45) is 5.70. The van der Waals surface area contributed by atoms with Crippen molar-refractivity contribution in [1.29, 1.82) is 0 Å². The molecule has 3 aliphatic rings. The van der Waals surface area contributed by atoms with Crippen molar-refractivity contribution in [2.24, 2.45) is 5.92 Å². The Bertz CT molecular complexity index is 1950. The predicted octanol–water partition coefficient (Wildman–Crippen LogP) is 4.51. The lowest BCUT2D eigenvalue weighted by molar-refractivity contribution is 0.0364. The van der Waals surface area contributed by atoms with E-state index in [0.29, 0.717) is 64.9 Å². The van der Waals surface area contributed by atoms with Crippen molar-refractivity contribution in [3.63, 3.8) is 0 Å². The molecule has 10 nitrogen and oxygen atoms in total. The van der Waals surface area contributed by atoms with Crippen LogP contribution in [0.3, 0.4) is 0 Å². The van der Waals surface area contributed by atoms with Crippen LogP contribution >= 0.6 is 11.6 Å². The van der Waals surface area contributed by atoms with E-state index in [1.165, 1.54) is 12.0 Å². The summed E-state index contributed by atoms with van der Waals surface area (Å²) in [7, 11) is -0.475. The number of benzene rings is 2. The van der Waals surface area contributed by atoms with E-state index >= 15 is 0 Å². The van der Waals surface area contributed by atoms with E-state index in [4.69, 9.17) is 21.3 Å². The van der Waals surface area contributed by atoms with Gasteiger partial charge in [-0.2, -0.15) is 4.98 Å². The summed E-state index contributed by atoms with van der Waals surface area (Å²) in [6, 6.07) is 15.6. The molecule has 0 bridgehead atoms. The number of hydrogen-bond acceptors (Lipinski definition) is 9. The first-order valence-corrected chi connectivity index (χ1v) is 19.5. The largest absolute Gasteiger partial charge is 0.379 e. The summed E-state index contributed by atoms with van der Waals surface area (Å²) >= 11 is 6.90. The van der Waals surface area contributed by atoms with Gasteiger partial charge in [0.25, 0.3) is 5.56 Å². The maximum Gasteiger partial charge on any atom is 0.260 e. The number of aromatic nitrogens is 3. The Morgan fingerprint density at radius 1 is 1.02 bits per heavy atom. The van der Waals surface area contributed by atoms with E-state index in [-0.39, 0.29) is 10.8 Å². The minimum atomic E-state index is -2.56. The van der Waals surface area contributed by atoms with Crippen molar-refractivity contribution < 1.29 is 8.95 Å². The fourth-order valence-electron chi connectivity index (χ4n) is 7.25. The van der Waals surface area contributed by atoms with Gasteiger partial charge in [-0.3, -0.25) is 18.5 Å². The second-order valence-electron chi connectivity index (χ2n) is 13.7. The quantitative estimate of drug-likeness (QED) is 0.231. The number of morpholine rings is 1. The lowest BCUT2D eigenvalue weighted by Gasteiger charge is -2.31. The molecule has 5 heterocycles. The Balaban J connectivity index is 1.19. The third kappa shape index (κ3) is 7.72. The first-order chi connectivity index (χ1) is 23.7. The highest BCUT2D eigenvalue weighted by Crippen LogP contribution is 2.33. The minimum Gasteiger partial charge on any atom is -0.379 e. The smallest absolute Gasteiger partial charge is 0.260 e. The van der Waals surface area contributed by atoms with Gasteiger partial charge < -0.3 is 20.3 Å². The molecule has 0 saturated carbocycles. The third-order valence-corrected chi connectivity index (χ3v) is 13.2.